The zero-order chi connectivity index (χ0) is 13.8. The number of benzene rings is 1. The van der Waals surface area contributed by atoms with Gasteiger partial charge in [-0.2, -0.15) is 0 Å². The lowest BCUT2D eigenvalue weighted by Crippen LogP contribution is -2.39. The van der Waals surface area contributed by atoms with E-state index >= 15 is 0 Å². The van der Waals surface area contributed by atoms with Gasteiger partial charge in [0.25, 0.3) is 0 Å². The maximum atomic E-state index is 4.82. The smallest absolute Gasteiger partial charge is 0.191 e. The van der Waals surface area contributed by atoms with Crippen LogP contribution in [0.25, 0.3) is 0 Å². The lowest BCUT2D eigenvalue weighted by atomic mass is 9.96. The van der Waals surface area contributed by atoms with Gasteiger partial charge in [-0.05, 0) is 44.1 Å². The van der Waals surface area contributed by atoms with Crippen molar-refractivity contribution in [1.29, 1.82) is 0 Å². The highest BCUT2D eigenvalue weighted by atomic mass is 127. The molecule has 116 valence electrons. The Kier molecular flexibility index (Phi) is 5.90. The molecular weight excluding hydrogens is 373 g/mol. The van der Waals surface area contributed by atoms with Crippen molar-refractivity contribution in [3.8, 4) is 0 Å². The van der Waals surface area contributed by atoms with Crippen LogP contribution in [0.1, 0.15) is 38.2 Å². The summed E-state index contributed by atoms with van der Waals surface area (Å²) >= 11 is 0. The number of hydrogen-bond donors (Lipinski definition) is 2. The first-order valence-electron chi connectivity index (χ1n) is 7.90. The molecule has 0 saturated heterocycles. The van der Waals surface area contributed by atoms with Crippen LogP contribution in [0, 0.1) is 5.92 Å². The van der Waals surface area contributed by atoms with Crippen LogP contribution in [0.4, 0.5) is 0 Å². The van der Waals surface area contributed by atoms with Crippen LogP contribution in [-0.2, 0) is 5.41 Å². The van der Waals surface area contributed by atoms with Crippen molar-refractivity contribution in [2.45, 2.75) is 38.0 Å². The molecule has 0 unspecified atom stereocenters. The van der Waals surface area contributed by atoms with Gasteiger partial charge in [-0.25, -0.2) is 0 Å². The molecule has 21 heavy (non-hydrogen) atoms. The van der Waals surface area contributed by atoms with Gasteiger partial charge in [0, 0.05) is 18.5 Å². The summed E-state index contributed by atoms with van der Waals surface area (Å²) in [6.07, 6.45) is 5.28. The Hall–Kier alpha value is -0.780. The van der Waals surface area contributed by atoms with E-state index in [1.54, 1.807) is 0 Å². The summed E-state index contributed by atoms with van der Waals surface area (Å²) < 4.78 is 0. The van der Waals surface area contributed by atoms with E-state index in [2.05, 4.69) is 47.9 Å². The first-order valence-corrected chi connectivity index (χ1v) is 7.90. The lowest BCUT2D eigenvalue weighted by Gasteiger charge is -2.15. The van der Waals surface area contributed by atoms with E-state index in [-0.39, 0.29) is 24.0 Å². The molecule has 0 atom stereocenters. The fourth-order valence-electron chi connectivity index (χ4n) is 2.62. The second-order valence-electron chi connectivity index (χ2n) is 6.17. The van der Waals surface area contributed by atoms with Crippen LogP contribution in [0.15, 0.2) is 35.3 Å². The standard InChI is InChI=1S/C17H25N3.HI/c1-2-18-16(19-12-14-8-9-14)20-13-17(10-11-17)15-6-4-3-5-7-15;/h3-7,14H,2,8-13H2,1H3,(H2,18,19,20);1H. The van der Waals surface area contributed by atoms with Gasteiger partial charge in [0.1, 0.15) is 0 Å². The van der Waals surface area contributed by atoms with Crippen molar-refractivity contribution >= 4 is 29.9 Å². The molecule has 2 N–H and O–H groups in total. The maximum absolute atomic E-state index is 4.82. The molecule has 0 bridgehead atoms. The lowest BCUT2D eigenvalue weighted by molar-refractivity contribution is 0.685. The van der Waals surface area contributed by atoms with E-state index in [0.29, 0.717) is 5.41 Å². The van der Waals surface area contributed by atoms with Crippen molar-refractivity contribution in [3.63, 3.8) is 0 Å². The molecule has 2 aliphatic rings. The number of aliphatic imine (C=N–C) groups is 1. The van der Waals surface area contributed by atoms with E-state index in [4.69, 9.17) is 4.99 Å². The van der Waals surface area contributed by atoms with Gasteiger partial charge < -0.3 is 10.6 Å². The molecule has 0 aliphatic heterocycles. The van der Waals surface area contributed by atoms with E-state index in [1.807, 2.05) is 0 Å². The first kappa shape index (κ1) is 16.6. The third kappa shape index (κ3) is 4.59. The zero-order valence-corrected chi connectivity index (χ0v) is 15.1. The molecule has 1 aromatic carbocycles. The molecule has 2 aliphatic carbocycles. The average molecular weight is 399 g/mol. The highest BCUT2D eigenvalue weighted by molar-refractivity contribution is 14.0. The Bertz CT molecular complexity index is 464. The fraction of sp³-hybridized carbons (Fsp3) is 0.588. The normalized spacial score (nSPS) is 19.6. The van der Waals surface area contributed by atoms with Crippen LogP contribution in [0.2, 0.25) is 0 Å². The second kappa shape index (κ2) is 7.47. The summed E-state index contributed by atoms with van der Waals surface area (Å²) in [5.41, 5.74) is 1.75. The van der Waals surface area contributed by atoms with Crippen LogP contribution < -0.4 is 10.6 Å². The summed E-state index contributed by atoms with van der Waals surface area (Å²) in [4.78, 5) is 4.82. The largest absolute Gasteiger partial charge is 0.357 e. The van der Waals surface area contributed by atoms with Gasteiger partial charge in [0.15, 0.2) is 5.96 Å². The van der Waals surface area contributed by atoms with Crippen molar-refractivity contribution in [1.82, 2.24) is 10.6 Å². The summed E-state index contributed by atoms with van der Waals surface area (Å²) in [5, 5.41) is 6.83. The molecule has 2 fully saturated rings. The Morgan fingerprint density at radius 3 is 2.48 bits per heavy atom. The van der Waals surface area contributed by atoms with Crippen LogP contribution in [-0.4, -0.2) is 25.6 Å². The average Bonchev–Trinajstić information content (AvgIpc) is 3.38. The van der Waals surface area contributed by atoms with E-state index < -0.39 is 0 Å². The number of rotatable bonds is 6. The van der Waals surface area contributed by atoms with Gasteiger partial charge in [0.05, 0.1) is 6.54 Å². The second-order valence-corrected chi connectivity index (χ2v) is 6.17. The van der Waals surface area contributed by atoms with Crippen molar-refractivity contribution in [2.24, 2.45) is 10.9 Å². The summed E-state index contributed by atoms with van der Waals surface area (Å²) in [6.45, 7) is 5.02. The topological polar surface area (TPSA) is 36.4 Å². The fourth-order valence-corrected chi connectivity index (χ4v) is 2.62. The number of nitrogens with zero attached hydrogens (tertiary/aromatic N) is 1. The quantitative estimate of drug-likeness (QED) is 0.438. The van der Waals surface area contributed by atoms with Crippen molar-refractivity contribution < 1.29 is 0 Å². The molecule has 0 heterocycles. The minimum Gasteiger partial charge on any atom is -0.357 e. The highest BCUT2D eigenvalue weighted by Crippen LogP contribution is 2.48. The first-order chi connectivity index (χ1) is 9.82. The van der Waals surface area contributed by atoms with Crippen molar-refractivity contribution in [3.05, 3.63) is 35.9 Å². The summed E-state index contributed by atoms with van der Waals surface area (Å²) in [7, 11) is 0. The minimum atomic E-state index is 0. The molecule has 2 saturated carbocycles. The molecule has 0 radical (unpaired) electrons. The Morgan fingerprint density at radius 1 is 1.19 bits per heavy atom. The molecular formula is C17H26IN3. The third-order valence-electron chi connectivity index (χ3n) is 4.38. The Morgan fingerprint density at radius 2 is 1.90 bits per heavy atom. The predicted molar refractivity (Wildman–Crippen MR) is 99.5 cm³/mol. The number of nitrogens with one attached hydrogen (secondary N) is 2. The Balaban J connectivity index is 0.00000161. The summed E-state index contributed by atoms with van der Waals surface area (Å²) in [6, 6.07) is 10.8. The van der Waals surface area contributed by atoms with Crippen LogP contribution >= 0.6 is 24.0 Å². The predicted octanol–water partition coefficient (Wildman–Crippen LogP) is 3.30. The van der Waals surface area contributed by atoms with Gasteiger partial charge >= 0.3 is 0 Å². The van der Waals surface area contributed by atoms with E-state index in [0.717, 1.165) is 31.5 Å². The third-order valence-corrected chi connectivity index (χ3v) is 4.38. The number of hydrogen-bond acceptors (Lipinski definition) is 1. The van der Waals surface area contributed by atoms with Crippen molar-refractivity contribution in [2.75, 3.05) is 19.6 Å². The van der Waals surface area contributed by atoms with Gasteiger partial charge in [-0.15, -0.1) is 24.0 Å². The SMILES string of the molecule is CCNC(=NCC1(c2ccccc2)CC1)NCC1CC1.I. The van der Waals surface area contributed by atoms with E-state index in [1.165, 1.54) is 31.2 Å². The molecule has 3 nitrogen and oxygen atoms in total. The van der Waals surface area contributed by atoms with Gasteiger partial charge in [-0.1, -0.05) is 30.3 Å². The van der Waals surface area contributed by atoms with E-state index in [9.17, 15) is 0 Å². The number of halogens is 1. The molecule has 0 spiro atoms. The van der Waals surface area contributed by atoms with Gasteiger partial charge in [-0.3, -0.25) is 4.99 Å². The molecule has 1 aromatic rings. The van der Waals surface area contributed by atoms with Gasteiger partial charge in [0.2, 0.25) is 0 Å². The van der Waals surface area contributed by atoms with Crippen LogP contribution in [0.5, 0.6) is 0 Å². The molecule has 0 aromatic heterocycles. The maximum Gasteiger partial charge on any atom is 0.191 e. The molecule has 0 amide bonds. The number of guanidine groups is 1. The molecule has 3 rings (SSSR count). The highest BCUT2D eigenvalue weighted by Gasteiger charge is 2.43. The Labute approximate surface area is 145 Å². The minimum absolute atomic E-state index is 0. The summed E-state index contributed by atoms with van der Waals surface area (Å²) in [5.74, 6) is 1.87. The monoisotopic (exact) mass is 399 g/mol. The zero-order valence-electron chi connectivity index (χ0n) is 12.8. The molecule has 4 heteroatoms. The van der Waals surface area contributed by atoms with Crippen LogP contribution in [0.3, 0.4) is 0 Å².